The number of cyclic esters (lactones) is 1. The van der Waals surface area contributed by atoms with Crippen molar-refractivity contribution in [3.8, 4) is 5.75 Å². The molecule has 1 aliphatic heterocycles. The zero-order valence-electron chi connectivity index (χ0n) is 13.0. The van der Waals surface area contributed by atoms with Crippen molar-refractivity contribution >= 4 is 41.0 Å². The number of pyridine rings is 1. The van der Waals surface area contributed by atoms with Crippen LogP contribution in [-0.2, 0) is 4.74 Å². The molecule has 1 N–H and O–H groups in total. The number of carbonyl (C=O) groups excluding carboxylic acids is 1. The number of aromatic amines is 1. The lowest BCUT2D eigenvalue weighted by Gasteiger charge is -1.99. The molecule has 0 unspecified atom stereocenters. The summed E-state index contributed by atoms with van der Waals surface area (Å²) in [4.78, 5) is 15.0. The van der Waals surface area contributed by atoms with Gasteiger partial charge in [0.2, 0.25) is 0 Å². The number of fused-ring (bicyclic) bond motifs is 2. The number of aryl methyl sites for hydroxylation is 1. The first-order valence-electron chi connectivity index (χ1n) is 7.31. The molecule has 4 rings (SSSR count). The van der Waals surface area contributed by atoms with Gasteiger partial charge in [0.25, 0.3) is 0 Å². The summed E-state index contributed by atoms with van der Waals surface area (Å²) in [6, 6.07) is 9.26. The minimum absolute atomic E-state index is 0.379. The standard InChI is InChI=1S/C18H13NO4S/c1-9-6-12-15(23-18(20)16(12)17(24)19-9)8-10-7-11-13(21-2)4-3-5-14(11)22-10/h3-8H,1-2H3,(H,19,24)/b15-8-. The Kier molecular flexibility index (Phi) is 3.28. The number of rotatable bonds is 2. The Labute approximate surface area is 142 Å². The molecule has 5 nitrogen and oxygen atoms in total. The molecule has 0 spiro atoms. The molecule has 24 heavy (non-hydrogen) atoms. The number of aromatic nitrogens is 1. The van der Waals surface area contributed by atoms with E-state index in [0.717, 1.165) is 16.8 Å². The van der Waals surface area contributed by atoms with Gasteiger partial charge in [0.15, 0.2) is 0 Å². The number of H-pyrrole nitrogens is 1. The minimum Gasteiger partial charge on any atom is -0.496 e. The smallest absolute Gasteiger partial charge is 0.347 e. The van der Waals surface area contributed by atoms with Gasteiger partial charge in [-0.1, -0.05) is 18.3 Å². The normalized spacial score (nSPS) is 14.9. The molecule has 0 bridgehead atoms. The lowest BCUT2D eigenvalue weighted by atomic mass is 10.1. The fraction of sp³-hybridized carbons (Fsp3) is 0.111. The van der Waals surface area contributed by atoms with Crippen LogP contribution in [0.25, 0.3) is 22.8 Å². The van der Waals surface area contributed by atoms with Crippen LogP contribution in [0.15, 0.2) is 34.7 Å². The van der Waals surface area contributed by atoms with E-state index in [9.17, 15) is 4.79 Å². The van der Waals surface area contributed by atoms with Crippen LogP contribution in [0, 0.1) is 11.6 Å². The van der Waals surface area contributed by atoms with Gasteiger partial charge in [-0.15, -0.1) is 0 Å². The van der Waals surface area contributed by atoms with Crippen LogP contribution >= 0.6 is 12.2 Å². The number of ether oxygens (including phenoxy) is 2. The predicted molar refractivity (Wildman–Crippen MR) is 92.4 cm³/mol. The molecular formula is C18H13NO4S. The van der Waals surface area contributed by atoms with E-state index >= 15 is 0 Å². The first kappa shape index (κ1) is 14.7. The highest BCUT2D eigenvalue weighted by Gasteiger charge is 2.29. The third-order valence-electron chi connectivity index (χ3n) is 3.87. The van der Waals surface area contributed by atoms with Crippen molar-refractivity contribution in [2.75, 3.05) is 7.11 Å². The number of hydrogen-bond acceptors (Lipinski definition) is 5. The molecule has 1 aliphatic rings. The van der Waals surface area contributed by atoms with Crippen LogP contribution in [0.2, 0.25) is 0 Å². The van der Waals surface area contributed by atoms with Crippen LogP contribution in [0.3, 0.4) is 0 Å². The van der Waals surface area contributed by atoms with Crippen LogP contribution in [0.5, 0.6) is 5.75 Å². The fourth-order valence-electron chi connectivity index (χ4n) is 2.83. The number of hydrogen-bond donors (Lipinski definition) is 1. The Balaban J connectivity index is 1.87. The van der Waals surface area contributed by atoms with Crippen molar-refractivity contribution in [3.05, 3.63) is 57.6 Å². The second-order valence-corrected chi connectivity index (χ2v) is 5.90. The third kappa shape index (κ3) is 2.23. The summed E-state index contributed by atoms with van der Waals surface area (Å²) in [7, 11) is 1.61. The summed E-state index contributed by atoms with van der Waals surface area (Å²) >= 11 is 5.22. The van der Waals surface area contributed by atoms with Gasteiger partial charge in [-0.3, -0.25) is 0 Å². The molecule has 3 heterocycles. The molecule has 3 aromatic rings. The summed E-state index contributed by atoms with van der Waals surface area (Å²) in [5.41, 5.74) is 2.62. The van der Waals surface area contributed by atoms with Gasteiger partial charge in [-0.05, 0) is 31.2 Å². The largest absolute Gasteiger partial charge is 0.496 e. The molecule has 2 aromatic heterocycles. The average Bonchev–Trinajstić information content (AvgIpc) is 3.08. The Hall–Kier alpha value is -2.86. The summed E-state index contributed by atoms with van der Waals surface area (Å²) in [6.45, 7) is 1.88. The maximum absolute atomic E-state index is 12.1. The predicted octanol–water partition coefficient (Wildman–Crippen LogP) is 4.48. The van der Waals surface area contributed by atoms with E-state index in [0.29, 0.717) is 32.9 Å². The number of nitrogens with one attached hydrogen (secondary N) is 1. The average molecular weight is 339 g/mol. The Morgan fingerprint density at radius 1 is 1.29 bits per heavy atom. The first-order chi connectivity index (χ1) is 11.6. The molecule has 0 amide bonds. The van der Waals surface area contributed by atoms with E-state index in [1.807, 2.05) is 37.3 Å². The molecule has 0 radical (unpaired) electrons. The topological polar surface area (TPSA) is 64.5 Å². The zero-order chi connectivity index (χ0) is 16.8. The molecule has 0 saturated carbocycles. The SMILES string of the molecule is COc1cccc2oc(/C=C3\OC(=O)c4c3cc(C)[nH]c4=S)cc12. The van der Waals surface area contributed by atoms with Crippen molar-refractivity contribution in [2.24, 2.45) is 0 Å². The van der Waals surface area contributed by atoms with Gasteiger partial charge in [0.05, 0.1) is 12.5 Å². The number of esters is 1. The quantitative estimate of drug-likeness (QED) is 0.551. The highest BCUT2D eigenvalue weighted by Crippen LogP contribution is 2.34. The monoisotopic (exact) mass is 339 g/mol. The van der Waals surface area contributed by atoms with Crippen LogP contribution in [0.1, 0.15) is 27.4 Å². The van der Waals surface area contributed by atoms with Gasteiger partial charge in [-0.25, -0.2) is 4.79 Å². The molecule has 6 heteroatoms. The molecule has 120 valence electrons. The van der Waals surface area contributed by atoms with Crippen molar-refractivity contribution in [1.29, 1.82) is 0 Å². The van der Waals surface area contributed by atoms with E-state index in [2.05, 4.69) is 4.98 Å². The maximum Gasteiger partial charge on any atom is 0.347 e. The number of carbonyl (C=O) groups is 1. The molecule has 0 atom stereocenters. The van der Waals surface area contributed by atoms with Crippen LogP contribution < -0.4 is 4.74 Å². The fourth-order valence-corrected chi connectivity index (χ4v) is 3.19. The number of methoxy groups -OCH3 is 1. The van der Waals surface area contributed by atoms with E-state index in [1.54, 1.807) is 13.2 Å². The summed E-state index contributed by atoms with van der Waals surface area (Å²) < 4.78 is 16.9. The molecule has 0 aliphatic carbocycles. The second kappa shape index (κ2) is 5.35. The van der Waals surface area contributed by atoms with Gasteiger partial charge >= 0.3 is 5.97 Å². The van der Waals surface area contributed by atoms with Gasteiger partial charge in [0.1, 0.15) is 33.1 Å². The van der Waals surface area contributed by atoms with E-state index in [-0.39, 0.29) is 0 Å². The van der Waals surface area contributed by atoms with E-state index in [4.69, 9.17) is 26.1 Å². The highest BCUT2D eigenvalue weighted by atomic mass is 32.1. The number of furan rings is 1. The Morgan fingerprint density at radius 3 is 2.92 bits per heavy atom. The van der Waals surface area contributed by atoms with E-state index in [1.165, 1.54) is 0 Å². The molecule has 0 saturated heterocycles. The lowest BCUT2D eigenvalue weighted by molar-refractivity contribution is 0.0716. The zero-order valence-corrected chi connectivity index (χ0v) is 13.8. The van der Waals surface area contributed by atoms with Crippen LogP contribution in [0.4, 0.5) is 0 Å². The summed E-state index contributed by atoms with van der Waals surface area (Å²) in [6.07, 6.45) is 1.69. The van der Waals surface area contributed by atoms with Gasteiger partial charge in [0, 0.05) is 17.3 Å². The van der Waals surface area contributed by atoms with Crippen molar-refractivity contribution in [1.82, 2.24) is 4.98 Å². The lowest BCUT2D eigenvalue weighted by Crippen LogP contribution is -1.97. The van der Waals surface area contributed by atoms with Gasteiger partial charge in [-0.2, -0.15) is 0 Å². The molecular weight excluding hydrogens is 326 g/mol. The van der Waals surface area contributed by atoms with Crippen LogP contribution in [-0.4, -0.2) is 18.1 Å². The Bertz CT molecular complexity index is 1070. The molecule has 1 aromatic carbocycles. The minimum atomic E-state index is -0.453. The van der Waals surface area contributed by atoms with Crippen molar-refractivity contribution in [2.45, 2.75) is 6.92 Å². The van der Waals surface area contributed by atoms with Gasteiger partial charge < -0.3 is 18.9 Å². The summed E-state index contributed by atoms with van der Waals surface area (Å²) in [5, 5.41) is 0.859. The number of benzene rings is 1. The van der Waals surface area contributed by atoms with Crippen molar-refractivity contribution < 1.29 is 18.7 Å². The Morgan fingerprint density at radius 2 is 2.12 bits per heavy atom. The maximum atomic E-state index is 12.1. The summed E-state index contributed by atoms with van der Waals surface area (Å²) in [5.74, 6) is 1.27. The molecule has 0 fully saturated rings. The third-order valence-corrected chi connectivity index (χ3v) is 4.18. The van der Waals surface area contributed by atoms with Crippen molar-refractivity contribution in [3.63, 3.8) is 0 Å². The second-order valence-electron chi connectivity index (χ2n) is 5.49. The highest BCUT2D eigenvalue weighted by molar-refractivity contribution is 7.71. The van der Waals surface area contributed by atoms with E-state index < -0.39 is 5.97 Å². The first-order valence-corrected chi connectivity index (χ1v) is 7.72.